The summed E-state index contributed by atoms with van der Waals surface area (Å²) in [4.78, 5) is 10.7. The minimum absolute atomic E-state index is 0.0278. The molecule has 0 bridgehead atoms. The normalized spacial score (nSPS) is 24.1. The smallest absolute Gasteiger partial charge is 0.252 e. The van der Waals surface area contributed by atoms with Gasteiger partial charge in [-0.15, -0.1) is 0 Å². The van der Waals surface area contributed by atoms with Gasteiger partial charge in [0.15, 0.2) is 0 Å². The van der Waals surface area contributed by atoms with Crippen LogP contribution >= 0.6 is 11.8 Å². The Hall–Kier alpha value is -0.320. The van der Waals surface area contributed by atoms with E-state index in [4.69, 9.17) is 0 Å². The van der Waals surface area contributed by atoms with Crippen LogP contribution in [-0.2, 0) is 4.79 Å². The topological polar surface area (TPSA) is 29.1 Å². The number of hydrogen-bond acceptors (Lipinski definition) is 2. The van der Waals surface area contributed by atoms with Crippen molar-refractivity contribution in [2.45, 2.75) is 18.8 Å². The monoisotopic (exact) mass is 209 g/mol. The summed E-state index contributed by atoms with van der Waals surface area (Å²) in [5.74, 6) is -1.78. The number of nitrogens with one attached hydrogen (secondary N) is 1. The maximum absolute atomic E-state index is 12.4. The van der Waals surface area contributed by atoms with Gasteiger partial charge in [-0.2, -0.15) is 11.8 Å². The first-order valence-corrected chi connectivity index (χ1v) is 5.38. The number of rotatable bonds is 5. The van der Waals surface area contributed by atoms with Crippen LogP contribution in [0.1, 0.15) is 12.8 Å². The number of alkyl halides is 2. The molecule has 1 N–H and O–H groups in total. The van der Waals surface area contributed by atoms with Gasteiger partial charge in [-0.3, -0.25) is 4.79 Å². The van der Waals surface area contributed by atoms with Gasteiger partial charge in [0.2, 0.25) is 5.91 Å². The van der Waals surface area contributed by atoms with Crippen LogP contribution in [0.5, 0.6) is 0 Å². The average molecular weight is 209 g/mol. The van der Waals surface area contributed by atoms with E-state index in [9.17, 15) is 13.6 Å². The molecule has 1 atom stereocenters. The molecule has 2 nitrogen and oxygen atoms in total. The fourth-order valence-electron chi connectivity index (χ4n) is 0.966. The average Bonchev–Trinajstić information content (AvgIpc) is 2.67. The number of amides is 1. The molecule has 76 valence electrons. The summed E-state index contributed by atoms with van der Waals surface area (Å²) in [5, 5.41) is 2.48. The van der Waals surface area contributed by atoms with Crippen LogP contribution in [0, 0.1) is 5.92 Å². The molecule has 1 unspecified atom stereocenters. The van der Waals surface area contributed by atoms with Crippen molar-refractivity contribution in [1.82, 2.24) is 5.32 Å². The Morgan fingerprint density at radius 2 is 2.31 bits per heavy atom. The molecular formula is C8H13F2NOS. The lowest BCUT2D eigenvalue weighted by atomic mass is 10.5. The molecule has 0 aliphatic heterocycles. The van der Waals surface area contributed by atoms with Crippen LogP contribution in [0.25, 0.3) is 0 Å². The predicted octanol–water partition coefficient (Wildman–Crippen LogP) is 1.51. The minimum Gasteiger partial charge on any atom is -0.359 e. The molecule has 0 aromatic heterocycles. The van der Waals surface area contributed by atoms with Crippen molar-refractivity contribution >= 4 is 17.7 Å². The lowest BCUT2D eigenvalue weighted by Gasteiger charge is -1.99. The summed E-state index contributed by atoms with van der Waals surface area (Å²) in [6.45, 7) is 0. The van der Waals surface area contributed by atoms with Crippen molar-refractivity contribution in [3.05, 3.63) is 0 Å². The molecule has 0 heterocycles. The summed E-state index contributed by atoms with van der Waals surface area (Å²) in [5.41, 5.74) is 0. The first-order valence-electron chi connectivity index (χ1n) is 4.22. The molecule has 0 saturated heterocycles. The second-order valence-corrected chi connectivity index (χ2v) is 4.31. The zero-order valence-corrected chi connectivity index (χ0v) is 8.29. The number of carbonyl (C=O) groups excluding carboxylic acids is 1. The number of carbonyl (C=O) groups is 1. The second-order valence-electron chi connectivity index (χ2n) is 3.16. The Balaban J connectivity index is 1.94. The van der Waals surface area contributed by atoms with Crippen molar-refractivity contribution < 1.29 is 13.6 Å². The van der Waals surface area contributed by atoms with Crippen molar-refractivity contribution in [1.29, 1.82) is 0 Å². The zero-order valence-electron chi connectivity index (χ0n) is 7.48. The fraction of sp³-hybridized carbons (Fsp3) is 0.875. The molecule has 1 fully saturated rings. The van der Waals surface area contributed by atoms with Crippen molar-refractivity contribution in [3.63, 3.8) is 0 Å². The van der Waals surface area contributed by atoms with E-state index in [2.05, 4.69) is 5.32 Å². The molecule has 0 aromatic carbocycles. The van der Waals surface area contributed by atoms with Gasteiger partial charge < -0.3 is 5.32 Å². The first-order chi connectivity index (χ1) is 6.06. The van der Waals surface area contributed by atoms with E-state index in [0.717, 1.165) is 0 Å². The van der Waals surface area contributed by atoms with Crippen LogP contribution in [-0.4, -0.2) is 30.4 Å². The molecule has 1 aliphatic rings. The summed E-state index contributed by atoms with van der Waals surface area (Å²) in [7, 11) is 1.57. The maximum Gasteiger partial charge on any atom is 0.252 e. The summed E-state index contributed by atoms with van der Waals surface area (Å²) < 4.78 is 24.7. The van der Waals surface area contributed by atoms with Gasteiger partial charge in [-0.05, 0) is 0 Å². The molecule has 1 saturated carbocycles. The summed E-state index contributed by atoms with van der Waals surface area (Å²) in [6.07, 6.45) is 0.444. The van der Waals surface area contributed by atoms with Gasteiger partial charge in [0.25, 0.3) is 5.92 Å². The highest BCUT2D eigenvalue weighted by atomic mass is 32.2. The molecule has 0 radical (unpaired) electrons. The highest BCUT2D eigenvalue weighted by Crippen LogP contribution is 2.49. The third kappa shape index (κ3) is 3.50. The van der Waals surface area contributed by atoms with E-state index in [-0.39, 0.29) is 12.3 Å². The van der Waals surface area contributed by atoms with Crippen molar-refractivity contribution in [3.8, 4) is 0 Å². The Morgan fingerprint density at radius 1 is 1.69 bits per heavy atom. The van der Waals surface area contributed by atoms with Gasteiger partial charge in [0, 0.05) is 37.3 Å². The predicted molar refractivity (Wildman–Crippen MR) is 49.1 cm³/mol. The first kappa shape index (κ1) is 10.8. The Kier molecular flexibility index (Phi) is 3.53. The number of halogens is 2. The van der Waals surface area contributed by atoms with Crippen LogP contribution in [0.15, 0.2) is 0 Å². The number of thioether (sulfide) groups is 1. The van der Waals surface area contributed by atoms with E-state index in [1.165, 1.54) is 11.8 Å². The SMILES string of the molecule is CNC(=O)CCSCC1CC1(F)F. The standard InChI is InChI=1S/C8H13F2NOS/c1-11-7(12)2-3-13-5-6-4-8(6,9)10/h6H,2-5H2,1H3,(H,11,12). The van der Waals surface area contributed by atoms with Crippen LogP contribution < -0.4 is 5.32 Å². The molecule has 0 spiro atoms. The quantitative estimate of drug-likeness (QED) is 0.695. The van der Waals surface area contributed by atoms with E-state index in [1.54, 1.807) is 7.05 Å². The highest BCUT2D eigenvalue weighted by Gasteiger charge is 2.56. The summed E-state index contributed by atoms with van der Waals surface area (Å²) >= 11 is 1.43. The third-order valence-electron chi connectivity index (χ3n) is 2.03. The highest BCUT2D eigenvalue weighted by molar-refractivity contribution is 7.99. The van der Waals surface area contributed by atoms with Crippen molar-refractivity contribution in [2.75, 3.05) is 18.6 Å². The molecular weight excluding hydrogens is 196 g/mol. The van der Waals surface area contributed by atoms with Gasteiger partial charge in [0.1, 0.15) is 0 Å². The molecule has 1 amide bonds. The van der Waals surface area contributed by atoms with Crippen molar-refractivity contribution in [2.24, 2.45) is 5.92 Å². The molecule has 1 rings (SSSR count). The van der Waals surface area contributed by atoms with E-state index >= 15 is 0 Å². The molecule has 1 aliphatic carbocycles. The van der Waals surface area contributed by atoms with Crippen LogP contribution in [0.3, 0.4) is 0 Å². The van der Waals surface area contributed by atoms with E-state index < -0.39 is 11.8 Å². The summed E-state index contributed by atoms with van der Waals surface area (Å²) in [6, 6.07) is 0. The number of hydrogen-bond donors (Lipinski definition) is 1. The van der Waals surface area contributed by atoms with Crippen LogP contribution in [0.4, 0.5) is 8.78 Å². The maximum atomic E-state index is 12.4. The Bertz CT molecular complexity index is 199. The Labute approximate surface area is 80.5 Å². The molecule has 5 heteroatoms. The van der Waals surface area contributed by atoms with E-state index in [1.807, 2.05) is 0 Å². The van der Waals surface area contributed by atoms with E-state index in [0.29, 0.717) is 17.9 Å². The minimum atomic E-state index is -2.42. The lowest BCUT2D eigenvalue weighted by molar-refractivity contribution is -0.120. The van der Waals surface area contributed by atoms with Gasteiger partial charge >= 0.3 is 0 Å². The lowest BCUT2D eigenvalue weighted by Crippen LogP contribution is -2.18. The fourth-order valence-corrected chi connectivity index (χ4v) is 2.11. The third-order valence-corrected chi connectivity index (χ3v) is 3.16. The van der Waals surface area contributed by atoms with Crippen LogP contribution in [0.2, 0.25) is 0 Å². The largest absolute Gasteiger partial charge is 0.359 e. The van der Waals surface area contributed by atoms with Gasteiger partial charge in [-0.1, -0.05) is 0 Å². The van der Waals surface area contributed by atoms with Gasteiger partial charge in [0.05, 0.1) is 0 Å². The zero-order chi connectivity index (χ0) is 9.90. The second kappa shape index (κ2) is 4.26. The Morgan fingerprint density at radius 3 is 2.77 bits per heavy atom. The van der Waals surface area contributed by atoms with Gasteiger partial charge in [-0.25, -0.2) is 8.78 Å². The molecule has 0 aromatic rings. The molecule has 13 heavy (non-hydrogen) atoms.